The number of carbonyl (C=O) groups is 2. The molecule has 0 bridgehead atoms. The summed E-state index contributed by atoms with van der Waals surface area (Å²) in [5.74, 6) is -0.153. The van der Waals surface area contributed by atoms with Gasteiger partial charge in [-0.2, -0.15) is 0 Å². The minimum Gasteiger partial charge on any atom is -0.349 e. The summed E-state index contributed by atoms with van der Waals surface area (Å²) in [6.07, 6.45) is 0. The number of amides is 2. The van der Waals surface area contributed by atoms with E-state index in [1.807, 2.05) is 32.0 Å². The van der Waals surface area contributed by atoms with E-state index in [2.05, 4.69) is 16.8 Å². The molecule has 0 saturated heterocycles. The zero-order valence-electron chi connectivity index (χ0n) is 14.3. The average molecular weight is 313 g/mol. The van der Waals surface area contributed by atoms with Crippen molar-refractivity contribution in [1.82, 2.24) is 4.57 Å². The van der Waals surface area contributed by atoms with Crippen LogP contribution in [0.3, 0.4) is 0 Å². The second-order valence-electron chi connectivity index (χ2n) is 5.61. The van der Waals surface area contributed by atoms with Crippen molar-refractivity contribution in [1.29, 1.82) is 0 Å². The van der Waals surface area contributed by atoms with Crippen molar-refractivity contribution >= 4 is 23.2 Å². The van der Waals surface area contributed by atoms with Crippen molar-refractivity contribution < 1.29 is 9.59 Å². The van der Waals surface area contributed by atoms with Gasteiger partial charge in [-0.05, 0) is 51.1 Å². The van der Waals surface area contributed by atoms with Crippen LogP contribution in [-0.2, 0) is 11.3 Å². The maximum atomic E-state index is 12.5. The molecule has 122 valence electrons. The number of aromatic nitrogens is 1. The summed E-state index contributed by atoms with van der Waals surface area (Å²) in [7, 11) is 1.72. The van der Waals surface area contributed by atoms with Crippen LogP contribution >= 0.6 is 0 Å². The molecule has 0 radical (unpaired) electrons. The van der Waals surface area contributed by atoms with E-state index in [0.717, 1.165) is 23.6 Å². The van der Waals surface area contributed by atoms with Crippen LogP contribution in [0.1, 0.15) is 35.6 Å². The third kappa shape index (κ3) is 3.44. The van der Waals surface area contributed by atoms with Gasteiger partial charge in [-0.15, -0.1) is 0 Å². The minimum atomic E-state index is -0.120. The van der Waals surface area contributed by atoms with Crippen LogP contribution in [0.2, 0.25) is 0 Å². The molecule has 0 unspecified atom stereocenters. The lowest BCUT2D eigenvalue weighted by Gasteiger charge is -2.15. The molecule has 5 heteroatoms. The van der Waals surface area contributed by atoms with Crippen LogP contribution in [0.15, 0.2) is 30.3 Å². The SMILES string of the molecule is CCn1c(C)cc(C(=O)Nc2ccc(N(C)C(C)=O)cc2)c1C. The lowest BCUT2D eigenvalue weighted by Crippen LogP contribution is -2.22. The zero-order chi connectivity index (χ0) is 17.1. The minimum absolute atomic E-state index is 0.0335. The number of nitrogens with zero attached hydrogens (tertiary/aromatic N) is 2. The van der Waals surface area contributed by atoms with E-state index in [1.54, 1.807) is 24.1 Å². The Morgan fingerprint density at radius 1 is 1.17 bits per heavy atom. The maximum Gasteiger partial charge on any atom is 0.257 e. The molecule has 1 aromatic carbocycles. The fourth-order valence-corrected chi connectivity index (χ4v) is 2.67. The van der Waals surface area contributed by atoms with Crippen molar-refractivity contribution in [3.05, 3.63) is 47.3 Å². The first kappa shape index (κ1) is 16.8. The average Bonchev–Trinajstić information content (AvgIpc) is 2.81. The van der Waals surface area contributed by atoms with E-state index in [9.17, 15) is 9.59 Å². The van der Waals surface area contributed by atoms with Crippen LogP contribution in [0, 0.1) is 13.8 Å². The number of carbonyl (C=O) groups excluding carboxylic acids is 2. The van der Waals surface area contributed by atoms with Gasteiger partial charge in [-0.3, -0.25) is 9.59 Å². The monoisotopic (exact) mass is 313 g/mol. The standard InChI is InChI=1S/C18H23N3O2/c1-6-21-12(2)11-17(13(21)3)18(23)19-15-7-9-16(10-8-15)20(5)14(4)22/h7-11H,6H2,1-5H3,(H,19,23). The highest BCUT2D eigenvalue weighted by molar-refractivity contribution is 6.05. The summed E-state index contributed by atoms with van der Waals surface area (Å²) in [4.78, 5) is 25.4. The van der Waals surface area contributed by atoms with Gasteiger partial charge in [0.25, 0.3) is 5.91 Å². The van der Waals surface area contributed by atoms with E-state index in [4.69, 9.17) is 0 Å². The number of anilines is 2. The fraction of sp³-hybridized carbons (Fsp3) is 0.333. The Morgan fingerprint density at radius 2 is 1.78 bits per heavy atom. The Morgan fingerprint density at radius 3 is 2.26 bits per heavy atom. The van der Waals surface area contributed by atoms with Gasteiger partial charge in [0, 0.05) is 43.3 Å². The summed E-state index contributed by atoms with van der Waals surface area (Å²) in [5.41, 5.74) is 4.23. The van der Waals surface area contributed by atoms with Gasteiger partial charge in [0.15, 0.2) is 0 Å². The van der Waals surface area contributed by atoms with Gasteiger partial charge >= 0.3 is 0 Å². The summed E-state index contributed by atoms with van der Waals surface area (Å²) in [5, 5.41) is 2.90. The van der Waals surface area contributed by atoms with Crippen LogP contribution in [0.4, 0.5) is 11.4 Å². The number of rotatable bonds is 4. The predicted octanol–water partition coefficient (Wildman–Crippen LogP) is 3.36. The Balaban J connectivity index is 2.16. The quantitative estimate of drug-likeness (QED) is 0.941. The molecule has 0 atom stereocenters. The normalized spacial score (nSPS) is 10.5. The molecule has 2 aromatic rings. The van der Waals surface area contributed by atoms with E-state index in [0.29, 0.717) is 11.3 Å². The Labute approximate surface area is 136 Å². The summed E-state index contributed by atoms with van der Waals surface area (Å²) >= 11 is 0. The second kappa shape index (κ2) is 6.69. The number of hydrogen-bond acceptors (Lipinski definition) is 2. The molecule has 1 aromatic heterocycles. The van der Waals surface area contributed by atoms with Gasteiger partial charge in [0.1, 0.15) is 0 Å². The van der Waals surface area contributed by atoms with Crippen LogP contribution in [0.5, 0.6) is 0 Å². The third-order valence-corrected chi connectivity index (χ3v) is 4.12. The molecular formula is C18H23N3O2. The molecule has 2 rings (SSSR count). The van der Waals surface area contributed by atoms with E-state index < -0.39 is 0 Å². The molecule has 0 aliphatic rings. The molecule has 2 amide bonds. The number of aryl methyl sites for hydroxylation is 1. The Bertz CT molecular complexity index is 729. The summed E-state index contributed by atoms with van der Waals surface area (Å²) in [6.45, 7) is 8.37. The first-order chi connectivity index (χ1) is 10.8. The fourth-order valence-electron chi connectivity index (χ4n) is 2.67. The van der Waals surface area contributed by atoms with E-state index in [-0.39, 0.29) is 11.8 Å². The molecule has 0 aliphatic heterocycles. The van der Waals surface area contributed by atoms with E-state index in [1.165, 1.54) is 6.92 Å². The highest BCUT2D eigenvalue weighted by Gasteiger charge is 2.15. The first-order valence-electron chi connectivity index (χ1n) is 7.67. The highest BCUT2D eigenvalue weighted by atomic mass is 16.2. The molecule has 5 nitrogen and oxygen atoms in total. The molecular weight excluding hydrogens is 290 g/mol. The summed E-state index contributed by atoms with van der Waals surface area (Å²) in [6, 6.07) is 9.13. The van der Waals surface area contributed by atoms with Gasteiger partial charge in [-0.1, -0.05) is 0 Å². The van der Waals surface area contributed by atoms with Crippen molar-refractivity contribution in [2.45, 2.75) is 34.2 Å². The number of benzene rings is 1. The molecule has 23 heavy (non-hydrogen) atoms. The maximum absolute atomic E-state index is 12.5. The lowest BCUT2D eigenvalue weighted by atomic mass is 10.2. The van der Waals surface area contributed by atoms with E-state index >= 15 is 0 Å². The van der Waals surface area contributed by atoms with Gasteiger partial charge in [-0.25, -0.2) is 0 Å². The van der Waals surface area contributed by atoms with Gasteiger partial charge < -0.3 is 14.8 Å². The zero-order valence-corrected chi connectivity index (χ0v) is 14.3. The number of hydrogen-bond donors (Lipinski definition) is 1. The first-order valence-corrected chi connectivity index (χ1v) is 7.67. The smallest absolute Gasteiger partial charge is 0.257 e. The van der Waals surface area contributed by atoms with Gasteiger partial charge in [0.2, 0.25) is 5.91 Å². The molecule has 0 saturated carbocycles. The largest absolute Gasteiger partial charge is 0.349 e. The van der Waals surface area contributed by atoms with Crippen molar-refractivity contribution in [3.8, 4) is 0 Å². The lowest BCUT2D eigenvalue weighted by molar-refractivity contribution is -0.116. The van der Waals surface area contributed by atoms with Crippen LogP contribution in [0.25, 0.3) is 0 Å². The number of nitrogens with one attached hydrogen (secondary N) is 1. The van der Waals surface area contributed by atoms with Crippen LogP contribution < -0.4 is 10.2 Å². The summed E-state index contributed by atoms with van der Waals surface area (Å²) < 4.78 is 2.11. The topological polar surface area (TPSA) is 54.3 Å². The highest BCUT2D eigenvalue weighted by Crippen LogP contribution is 2.20. The van der Waals surface area contributed by atoms with Crippen molar-refractivity contribution in [3.63, 3.8) is 0 Å². The molecule has 0 aliphatic carbocycles. The van der Waals surface area contributed by atoms with Crippen molar-refractivity contribution in [2.24, 2.45) is 0 Å². The Hall–Kier alpha value is -2.56. The van der Waals surface area contributed by atoms with Crippen molar-refractivity contribution in [2.75, 3.05) is 17.3 Å². The molecule has 1 N–H and O–H groups in total. The molecule has 1 heterocycles. The second-order valence-corrected chi connectivity index (χ2v) is 5.61. The predicted molar refractivity (Wildman–Crippen MR) is 93.1 cm³/mol. The molecule has 0 spiro atoms. The Kier molecular flexibility index (Phi) is 4.89. The molecule has 0 fully saturated rings. The third-order valence-electron chi connectivity index (χ3n) is 4.12. The van der Waals surface area contributed by atoms with Gasteiger partial charge in [0.05, 0.1) is 5.56 Å². The van der Waals surface area contributed by atoms with Crippen LogP contribution in [-0.4, -0.2) is 23.4 Å².